The second-order valence-electron chi connectivity index (χ2n) is 6.66. The Labute approximate surface area is 168 Å². The van der Waals surface area contributed by atoms with Crippen molar-refractivity contribution in [2.45, 2.75) is 13.0 Å². The summed E-state index contributed by atoms with van der Waals surface area (Å²) in [5.74, 6) is -0.367. The molecule has 0 fully saturated rings. The first-order valence-electron chi connectivity index (χ1n) is 9.29. The van der Waals surface area contributed by atoms with Crippen molar-refractivity contribution in [2.75, 3.05) is 5.32 Å². The number of carbonyl (C=O) groups is 1. The summed E-state index contributed by atoms with van der Waals surface area (Å²) >= 11 is 0. The van der Waals surface area contributed by atoms with Gasteiger partial charge in [-0.2, -0.15) is 0 Å². The maximum absolute atomic E-state index is 13.0. The van der Waals surface area contributed by atoms with E-state index in [0.29, 0.717) is 11.4 Å². The number of benzene rings is 3. The topological polar surface area (TPSA) is 80.0 Å². The molecule has 0 saturated heterocycles. The van der Waals surface area contributed by atoms with Crippen molar-refractivity contribution < 1.29 is 9.90 Å². The summed E-state index contributed by atoms with van der Waals surface area (Å²) in [5.41, 5.74) is 3.79. The van der Waals surface area contributed by atoms with Gasteiger partial charge in [0, 0.05) is 11.3 Å². The van der Waals surface area contributed by atoms with E-state index in [9.17, 15) is 9.90 Å². The van der Waals surface area contributed by atoms with Gasteiger partial charge >= 0.3 is 0 Å². The van der Waals surface area contributed by atoms with Gasteiger partial charge in [0.25, 0.3) is 5.91 Å². The standard InChI is InChI=1S/C23H20N4O2/c1-16(28)18-11-8-12-19(15-18)24-23(29)21-22(17-9-4-2-5-10-17)27(26-25-21)20-13-6-3-7-14-20/h2-16,28H,1H3,(H,24,29)/t16-/m1/s1. The minimum Gasteiger partial charge on any atom is -0.389 e. The van der Waals surface area contributed by atoms with Crippen LogP contribution in [0.15, 0.2) is 84.9 Å². The van der Waals surface area contributed by atoms with Gasteiger partial charge in [0.05, 0.1) is 11.8 Å². The molecule has 0 aliphatic heterocycles. The lowest BCUT2D eigenvalue weighted by molar-refractivity contribution is 0.102. The largest absolute Gasteiger partial charge is 0.389 e. The van der Waals surface area contributed by atoms with Gasteiger partial charge in [-0.15, -0.1) is 5.10 Å². The monoisotopic (exact) mass is 384 g/mol. The van der Waals surface area contributed by atoms with E-state index in [-0.39, 0.29) is 11.6 Å². The van der Waals surface area contributed by atoms with Crippen LogP contribution in [0.5, 0.6) is 0 Å². The van der Waals surface area contributed by atoms with Crippen molar-refractivity contribution >= 4 is 11.6 Å². The van der Waals surface area contributed by atoms with Gasteiger partial charge in [0.2, 0.25) is 0 Å². The summed E-state index contributed by atoms with van der Waals surface area (Å²) in [6.45, 7) is 1.68. The van der Waals surface area contributed by atoms with Crippen LogP contribution >= 0.6 is 0 Å². The summed E-state index contributed by atoms with van der Waals surface area (Å²) in [6, 6.07) is 26.2. The fourth-order valence-electron chi connectivity index (χ4n) is 3.11. The molecule has 0 aliphatic carbocycles. The second kappa shape index (κ2) is 8.08. The van der Waals surface area contributed by atoms with E-state index in [4.69, 9.17) is 0 Å². The van der Waals surface area contributed by atoms with Gasteiger partial charge in [-0.05, 0) is 36.8 Å². The third-order valence-corrected chi connectivity index (χ3v) is 4.56. The minimum atomic E-state index is -0.620. The van der Waals surface area contributed by atoms with Crippen molar-refractivity contribution in [1.82, 2.24) is 15.0 Å². The first-order chi connectivity index (χ1) is 14.1. The molecule has 0 bridgehead atoms. The van der Waals surface area contributed by atoms with Gasteiger partial charge in [-0.3, -0.25) is 4.79 Å². The Morgan fingerprint density at radius 2 is 1.66 bits per heavy atom. The highest BCUT2D eigenvalue weighted by Gasteiger charge is 2.22. The average Bonchev–Trinajstić information content (AvgIpc) is 3.20. The fraction of sp³-hybridized carbons (Fsp3) is 0.0870. The molecule has 0 radical (unpaired) electrons. The van der Waals surface area contributed by atoms with E-state index < -0.39 is 6.10 Å². The third-order valence-electron chi connectivity index (χ3n) is 4.56. The Morgan fingerprint density at radius 1 is 0.966 bits per heavy atom. The number of aliphatic hydroxyl groups is 1. The zero-order valence-corrected chi connectivity index (χ0v) is 15.9. The van der Waals surface area contributed by atoms with Gasteiger partial charge < -0.3 is 10.4 Å². The number of hydrogen-bond donors (Lipinski definition) is 2. The second-order valence-corrected chi connectivity index (χ2v) is 6.66. The van der Waals surface area contributed by atoms with Crippen LogP contribution in [-0.2, 0) is 0 Å². The number of nitrogens with zero attached hydrogens (tertiary/aromatic N) is 3. The van der Waals surface area contributed by atoms with Crippen LogP contribution in [0.25, 0.3) is 16.9 Å². The van der Waals surface area contributed by atoms with Crippen molar-refractivity contribution in [3.05, 3.63) is 96.2 Å². The van der Waals surface area contributed by atoms with Crippen LogP contribution in [0.2, 0.25) is 0 Å². The molecule has 144 valence electrons. The zero-order valence-electron chi connectivity index (χ0n) is 15.9. The smallest absolute Gasteiger partial charge is 0.278 e. The Balaban J connectivity index is 1.75. The lowest BCUT2D eigenvalue weighted by atomic mass is 10.1. The van der Waals surface area contributed by atoms with Crippen molar-refractivity contribution in [3.63, 3.8) is 0 Å². The number of nitrogens with one attached hydrogen (secondary N) is 1. The number of hydrogen-bond acceptors (Lipinski definition) is 4. The quantitative estimate of drug-likeness (QED) is 0.539. The number of amides is 1. The molecule has 0 unspecified atom stereocenters. The summed E-state index contributed by atoms with van der Waals surface area (Å²) in [6.07, 6.45) is -0.620. The molecule has 6 heteroatoms. The SMILES string of the molecule is C[C@@H](O)c1cccc(NC(=O)c2nnn(-c3ccccc3)c2-c2ccccc2)c1. The van der Waals surface area contributed by atoms with Crippen molar-refractivity contribution in [1.29, 1.82) is 0 Å². The number of aromatic nitrogens is 3. The van der Waals surface area contributed by atoms with E-state index in [1.807, 2.05) is 60.7 Å². The minimum absolute atomic E-state index is 0.225. The molecule has 6 nitrogen and oxygen atoms in total. The van der Waals surface area contributed by atoms with Gasteiger partial charge in [0.15, 0.2) is 5.69 Å². The first-order valence-corrected chi connectivity index (χ1v) is 9.29. The highest BCUT2D eigenvalue weighted by Crippen LogP contribution is 2.26. The molecule has 1 heterocycles. The molecule has 3 aromatic carbocycles. The normalized spacial score (nSPS) is 11.8. The summed E-state index contributed by atoms with van der Waals surface area (Å²) < 4.78 is 1.66. The maximum atomic E-state index is 13.0. The fourth-order valence-corrected chi connectivity index (χ4v) is 3.11. The molecule has 1 aromatic heterocycles. The first kappa shape index (κ1) is 18.6. The number of anilines is 1. The van der Waals surface area contributed by atoms with E-state index in [1.165, 1.54) is 0 Å². The highest BCUT2D eigenvalue weighted by atomic mass is 16.3. The summed E-state index contributed by atoms with van der Waals surface area (Å²) in [7, 11) is 0. The third kappa shape index (κ3) is 3.93. The van der Waals surface area contributed by atoms with Crippen LogP contribution < -0.4 is 5.32 Å². The molecular weight excluding hydrogens is 364 g/mol. The highest BCUT2D eigenvalue weighted by molar-refractivity contribution is 6.06. The molecule has 4 aromatic rings. The molecule has 0 saturated carbocycles. The van der Waals surface area contributed by atoms with Crippen LogP contribution in [0.1, 0.15) is 29.1 Å². The van der Waals surface area contributed by atoms with E-state index in [0.717, 1.165) is 16.8 Å². The van der Waals surface area contributed by atoms with Crippen LogP contribution in [-0.4, -0.2) is 26.0 Å². The van der Waals surface area contributed by atoms with Gasteiger partial charge in [0.1, 0.15) is 5.69 Å². The van der Waals surface area contributed by atoms with Crippen LogP contribution in [0.4, 0.5) is 5.69 Å². The predicted molar refractivity (Wildman–Crippen MR) is 112 cm³/mol. The van der Waals surface area contributed by atoms with Crippen LogP contribution in [0, 0.1) is 0 Å². The molecule has 29 heavy (non-hydrogen) atoms. The Morgan fingerprint density at radius 3 is 2.34 bits per heavy atom. The lowest BCUT2D eigenvalue weighted by Gasteiger charge is -2.10. The number of carbonyl (C=O) groups excluding carboxylic acids is 1. The molecule has 1 atom stereocenters. The zero-order chi connectivity index (χ0) is 20.2. The van der Waals surface area contributed by atoms with E-state index >= 15 is 0 Å². The van der Waals surface area contributed by atoms with Crippen molar-refractivity contribution in [3.8, 4) is 16.9 Å². The molecule has 2 N–H and O–H groups in total. The number of rotatable bonds is 5. The Hall–Kier alpha value is -3.77. The molecule has 0 aliphatic rings. The van der Waals surface area contributed by atoms with Crippen molar-refractivity contribution in [2.24, 2.45) is 0 Å². The van der Waals surface area contributed by atoms with Gasteiger partial charge in [-0.25, -0.2) is 4.68 Å². The number of aliphatic hydroxyl groups excluding tert-OH is 1. The van der Waals surface area contributed by atoms with E-state index in [1.54, 1.807) is 35.9 Å². The van der Waals surface area contributed by atoms with Gasteiger partial charge in [-0.1, -0.05) is 65.9 Å². The molecule has 4 rings (SSSR count). The van der Waals surface area contributed by atoms with Crippen LogP contribution in [0.3, 0.4) is 0 Å². The lowest BCUT2D eigenvalue weighted by Crippen LogP contribution is -2.14. The Bertz CT molecular complexity index is 1120. The molecule has 1 amide bonds. The Kier molecular flexibility index (Phi) is 5.18. The number of para-hydroxylation sites is 1. The summed E-state index contributed by atoms with van der Waals surface area (Å²) in [5, 5.41) is 21.1. The maximum Gasteiger partial charge on any atom is 0.278 e. The predicted octanol–water partition coefficient (Wildman–Crippen LogP) is 4.24. The summed E-state index contributed by atoms with van der Waals surface area (Å²) in [4.78, 5) is 13.0. The van der Waals surface area contributed by atoms with E-state index in [2.05, 4.69) is 15.6 Å². The molecule has 0 spiro atoms. The molecular formula is C23H20N4O2. The average molecular weight is 384 g/mol.